The molecular formula is C7H4N4. The number of hydrogen-bond acceptors (Lipinski definition) is 3. The molecule has 0 fully saturated rings. The third kappa shape index (κ3) is 0.749. The molecule has 2 heterocycles. The van der Waals surface area contributed by atoms with E-state index < -0.39 is 0 Å². The minimum Gasteiger partial charge on any atom is -0.288 e. The van der Waals surface area contributed by atoms with E-state index in [1.165, 1.54) is 0 Å². The molecule has 0 aromatic carbocycles. The largest absolute Gasteiger partial charge is 0.288 e. The molecule has 2 aromatic rings. The Hall–Kier alpha value is -1.89. The zero-order chi connectivity index (χ0) is 7.68. The monoisotopic (exact) mass is 144 g/mol. The molecule has 4 nitrogen and oxygen atoms in total. The van der Waals surface area contributed by atoms with Gasteiger partial charge in [0.2, 0.25) is 5.82 Å². The molecule has 0 radical (unpaired) electrons. The second kappa shape index (κ2) is 2.06. The fraction of sp³-hybridized carbons (Fsp3) is 0. The van der Waals surface area contributed by atoms with Crippen molar-refractivity contribution in [3.63, 3.8) is 0 Å². The van der Waals surface area contributed by atoms with Crippen LogP contribution >= 0.6 is 0 Å². The molecule has 0 unspecified atom stereocenters. The molecule has 0 saturated carbocycles. The highest BCUT2D eigenvalue weighted by Gasteiger charge is 1.98. The van der Waals surface area contributed by atoms with E-state index in [4.69, 9.17) is 5.26 Å². The van der Waals surface area contributed by atoms with Gasteiger partial charge in [0.25, 0.3) is 0 Å². The van der Waals surface area contributed by atoms with Crippen molar-refractivity contribution in [3.05, 3.63) is 30.6 Å². The summed E-state index contributed by atoms with van der Waals surface area (Å²) >= 11 is 0. The Balaban J connectivity index is 2.89. The fourth-order valence-electron chi connectivity index (χ4n) is 0.933. The SMILES string of the molecule is N#Cc1ncc2cnccn12. The molecule has 0 aliphatic heterocycles. The molecule has 52 valence electrons. The zero-order valence-electron chi connectivity index (χ0n) is 5.60. The first-order valence-electron chi connectivity index (χ1n) is 3.09. The molecule has 0 spiro atoms. The minimum atomic E-state index is 0.391. The van der Waals surface area contributed by atoms with Gasteiger partial charge in [-0.1, -0.05) is 0 Å². The first-order valence-corrected chi connectivity index (χ1v) is 3.09. The van der Waals surface area contributed by atoms with Crippen molar-refractivity contribution in [3.8, 4) is 6.07 Å². The topological polar surface area (TPSA) is 54.0 Å². The van der Waals surface area contributed by atoms with Gasteiger partial charge in [-0.3, -0.25) is 9.38 Å². The van der Waals surface area contributed by atoms with Gasteiger partial charge in [0, 0.05) is 12.4 Å². The Morgan fingerprint density at radius 2 is 2.36 bits per heavy atom. The smallest absolute Gasteiger partial charge is 0.217 e. The van der Waals surface area contributed by atoms with Gasteiger partial charge in [-0.2, -0.15) is 5.26 Å². The molecule has 0 amide bonds. The number of aromatic nitrogens is 3. The van der Waals surface area contributed by atoms with Gasteiger partial charge < -0.3 is 0 Å². The molecule has 0 N–H and O–H groups in total. The van der Waals surface area contributed by atoms with Crippen LogP contribution in [0.3, 0.4) is 0 Å². The molecule has 0 atom stereocenters. The summed E-state index contributed by atoms with van der Waals surface area (Å²) in [6, 6.07) is 1.97. The Labute approximate surface area is 62.7 Å². The average Bonchev–Trinajstić information content (AvgIpc) is 2.47. The van der Waals surface area contributed by atoms with Crippen molar-refractivity contribution in [1.29, 1.82) is 5.26 Å². The Kier molecular flexibility index (Phi) is 1.10. The van der Waals surface area contributed by atoms with Crippen LogP contribution < -0.4 is 0 Å². The number of nitriles is 1. The quantitative estimate of drug-likeness (QED) is 0.544. The maximum absolute atomic E-state index is 8.57. The predicted molar refractivity (Wildman–Crippen MR) is 37.7 cm³/mol. The van der Waals surface area contributed by atoms with E-state index in [2.05, 4.69) is 9.97 Å². The van der Waals surface area contributed by atoms with Gasteiger partial charge in [-0.05, 0) is 0 Å². The lowest BCUT2D eigenvalue weighted by molar-refractivity contribution is 1.08. The number of hydrogen-bond donors (Lipinski definition) is 0. The lowest BCUT2D eigenvalue weighted by Crippen LogP contribution is -1.87. The van der Waals surface area contributed by atoms with E-state index >= 15 is 0 Å². The molecule has 2 rings (SSSR count). The van der Waals surface area contributed by atoms with Crippen LogP contribution in [0, 0.1) is 11.3 Å². The van der Waals surface area contributed by atoms with Crippen molar-refractivity contribution in [2.75, 3.05) is 0 Å². The van der Waals surface area contributed by atoms with E-state index in [9.17, 15) is 0 Å². The molecular weight excluding hydrogens is 140 g/mol. The van der Waals surface area contributed by atoms with Crippen LogP contribution in [0.4, 0.5) is 0 Å². The molecule has 0 saturated heterocycles. The van der Waals surface area contributed by atoms with Crippen molar-refractivity contribution in [2.45, 2.75) is 0 Å². The Morgan fingerprint density at radius 3 is 3.18 bits per heavy atom. The normalized spacial score (nSPS) is 9.73. The van der Waals surface area contributed by atoms with Crippen molar-refractivity contribution < 1.29 is 0 Å². The maximum Gasteiger partial charge on any atom is 0.217 e. The van der Waals surface area contributed by atoms with Crippen LogP contribution in [0.15, 0.2) is 24.8 Å². The summed E-state index contributed by atoms with van der Waals surface area (Å²) in [5.41, 5.74) is 0.837. The van der Waals surface area contributed by atoms with Gasteiger partial charge >= 0.3 is 0 Å². The minimum absolute atomic E-state index is 0.391. The molecule has 4 heteroatoms. The summed E-state index contributed by atoms with van der Waals surface area (Å²) in [5.74, 6) is 0.391. The molecule has 0 bridgehead atoms. The number of nitrogens with zero attached hydrogens (tertiary/aromatic N) is 4. The van der Waals surface area contributed by atoms with E-state index in [0.29, 0.717) is 5.82 Å². The van der Waals surface area contributed by atoms with E-state index in [-0.39, 0.29) is 0 Å². The summed E-state index contributed by atoms with van der Waals surface area (Å²) in [6.45, 7) is 0. The predicted octanol–water partition coefficient (Wildman–Crippen LogP) is 0.601. The van der Waals surface area contributed by atoms with E-state index in [0.717, 1.165) is 5.52 Å². The summed E-state index contributed by atoms with van der Waals surface area (Å²) < 4.78 is 1.69. The van der Waals surface area contributed by atoms with Crippen LogP contribution in [-0.4, -0.2) is 14.4 Å². The standard InChI is InChI=1S/C7H4N4/c8-3-7-10-5-6-4-9-1-2-11(6)7/h1-2,4-5H. The van der Waals surface area contributed by atoms with Gasteiger partial charge in [0.1, 0.15) is 6.07 Å². The van der Waals surface area contributed by atoms with Crippen LogP contribution in [0.2, 0.25) is 0 Å². The number of fused-ring (bicyclic) bond motifs is 1. The van der Waals surface area contributed by atoms with Crippen LogP contribution in [-0.2, 0) is 0 Å². The van der Waals surface area contributed by atoms with Crippen molar-refractivity contribution in [2.24, 2.45) is 0 Å². The van der Waals surface area contributed by atoms with Crippen molar-refractivity contribution >= 4 is 5.52 Å². The molecule has 0 aliphatic rings. The van der Waals surface area contributed by atoms with Gasteiger partial charge in [0.05, 0.1) is 17.9 Å². The van der Waals surface area contributed by atoms with Gasteiger partial charge in [-0.15, -0.1) is 0 Å². The first-order chi connectivity index (χ1) is 5.42. The van der Waals surface area contributed by atoms with Crippen LogP contribution in [0.5, 0.6) is 0 Å². The lowest BCUT2D eigenvalue weighted by atomic mass is 10.6. The van der Waals surface area contributed by atoms with Gasteiger partial charge in [-0.25, -0.2) is 4.98 Å². The van der Waals surface area contributed by atoms with Crippen LogP contribution in [0.25, 0.3) is 5.52 Å². The maximum atomic E-state index is 8.57. The second-order valence-corrected chi connectivity index (χ2v) is 2.06. The molecule has 0 aliphatic carbocycles. The fourth-order valence-corrected chi connectivity index (χ4v) is 0.933. The summed E-state index contributed by atoms with van der Waals surface area (Å²) in [4.78, 5) is 7.77. The van der Waals surface area contributed by atoms with Crippen LogP contribution in [0.1, 0.15) is 5.82 Å². The zero-order valence-corrected chi connectivity index (χ0v) is 5.60. The third-order valence-corrected chi connectivity index (χ3v) is 1.43. The average molecular weight is 144 g/mol. The Bertz CT molecular complexity index is 423. The summed E-state index contributed by atoms with van der Waals surface area (Å²) in [5, 5.41) is 8.57. The first kappa shape index (κ1) is 5.86. The summed E-state index contributed by atoms with van der Waals surface area (Å²) in [6.07, 6.45) is 6.61. The number of imidazole rings is 1. The highest BCUT2D eigenvalue weighted by atomic mass is 15.0. The third-order valence-electron chi connectivity index (χ3n) is 1.43. The molecule has 2 aromatic heterocycles. The van der Waals surface area contributed by atoms with Crippen molar-refractivity contribution in [1.82, 2.24) is 14.4 Å². The lowest BCUT2D eigenvalue weighted by Gasteiger charge is -1.89. The van der Waals surface area contributed by atoms with E-state index in [1.54, 1.807) is 29.2 Å². The Morgan fingerprint density at radius 1 is 1.45 bits per heavy atom. The number of rotatable bonds is 0. The molecule has 11 heavy (non-hydrogen) atoms. The highest BCUT2D eigenvalue weighted by molar-refractivity contribution is 5.44. The van der Waals surface area contributed by atoms with Gasteiger partial charge in [0.15, 0.2) is 0 Å². The summed E-state index contributed by atoms with van der Waals surface area (Å²) in [7, 11) is 0. The highest BCUT2D eigenvalue weighted by Crippen LogP contribution is 2.01. The van der Waals surface area contributed by atoms with E-state index in [1.807, 2.05) is 6.07 Å². The second-order valence-electron chi connectivity index (χ2n) is 2.06.